The lowest BCUT2D eigenvalue weighted by molar-refractivity contribution is -0.144. The van der Waals surface area contributed by atoms with Crippen LogP contribution in [0.15, 0.2) is 0 Å². The molecule has 12 heavy (non-hydrogen) atoms. The number of hydrogen-bond acceptors (Lipinski definition) is 3. The van der Waals surface area contributed by atoms with Crippen molar-refractivity contribution in [1.82, 2.24) is 0 Å². The fourth-order valence-electron chi connectivity index (χ4n) is 1.30. The number of carboxylic acids is 2. The third-order valence-electron chi connectivity index (χ3n) is 1.95. The molecule has 0 bridgehead atoms. The number of carbonyl (C=O) groups is 2. The van der Waals surface area contributed by atoms with Crippen LogP contribution in [0, 0.1) is 11.8 Å². The smallest absolute Gasteiger partial charge is 0.309 e. The minimum Gasteiger partial charge on any atom is -0.481 e. The van der Waals surface area contributed by atoms with Crippen LogP contribution >= 0.6 is 0 Å². The Labute approximate surface area is 68.9 Å². The van der Waals surface area contributed by atoms with Crippen LogP contribution in [-0.4, -0.2) is 35.4 Å². The van der Waals surface area contributed by atoms with E-state index in [9.17, 15) is 9.59 Å². The summed E-state index contributed by atoms with van der Waals surface area (Å²) in [7, 11) is 0. The van der Waals surface area contributed by atoms with Gasteiger partial charge in [0.2, 0.25) is 0 Å². The maximum Gasteiger partial charge on any atom is 0.309 e. The number of aliphatic carboxylic acids is 2. The van der Waals surface area contributed by atoms with Gasteiger partial charge in [0.25, 0.3) is 0 Å². The highest BCUT2D eigenvalue weighted by Crippen LogP contribution is 2.23. The van der Waals surface area contributed by atoms with Gasteiger partial charge in [-0.3, -0.25) is 9.59 Å². The van der Waals surface area contributed by atoms with E-state index in [4.69, 9.17) is 14.9 Å². The lowest BCUT2D eigenvalue weighted by Crippen LogP contribution is -2.23. The van der Waals surface area contributed by atoms with Crippen molar-refractivity contribution in [3.8, 4) is 0 Å². The maximum atomic E-state index is 10.5. The molecule has 1 aliphatic heterocycles. The van der Waals surface area contributed by atoms with Crippen LogP contribution in [0.4, 0.5) is 0 Å². The van der Waals surface area contributed by atoms with Gasteiger partial charge < -0.3 is 14.9 Å². The van der Waals surface area contributed by atoms with Crippen molar-refractivity contribution in [2.45, 2.75) is 6.42 Å². The van der Waals surface area contributed by atoms with Crippen LogP contribution in [0.25, 0.3) is 0 Å². The van der Waals surface area contributed by atoms with Gasteiger partial charge in [-0.1, -0.05) is 0 Å². The molecule has 1 rings (SSSR count). The minimum atomic E-state index is -0.975. The van der Waals surface area contributed by atoms with E-state index in [0.29, 0.717) is 0 Å². The molecule has 0 amide bonds. The second-order valence-electron chi connectivity index (χ2n) is 2.84. The highest BCUT2D eigenvalue weighted by molar-refractivity contribution is 5.73. The van der Waals surface area contributed by atoms with Crippen molar-refractivity contribution in [3.05, 3.63) is 0 Å². The normalized spacial score (nSPS) is 28.7. The molecule has 0 radical (unpaired) electrons. The van der Waals surface area contributed by atoms with Crippen LogP contribution in [-0.2, 0) is 14.3 Å². The number of carboxylic acid groups (broad SMARTS) is 2. The van der Waals surface area contributed by atoms with Crippen LogP contribution < -0.4 is 0 Å². The predicted molar refractivity (Wildman–Crippen MR) is 37.7 cm³/mol. The summed E-state index contributed by atoms with van der Waals surface area (Å²) in [6.45, 7) is 0.372. The fourth-order valence-corrected chi connectivity index (χ4v) is 1.30. The molecule has 2 N–H and O–H groups in total. The van der Waals surface area contributed by atoms with Gasteiger partial charge >= 0.3 is 11.9 Å². The summed E-state index contributed by atoms with van der Waals surface area (Å²) in [4.78, 5) is 20.8. The minimum absolute atomic E-state index is 0.128. The SMILES string of the molecule is O=C(O)C[C@@H]1COC[C@H]1C(=O)O. The van der Waals surface area contributed by atoms with Crippen molar-refractivity contribution in [2.75, 3.05) is 13.2 Å². The molecule has 0 aromatic rings. The van der Waals surface area contributed by atoms with E-state index >= 15 is 0 Å². The molecule has 0 saturated carbocycles. The molecule has 0 aliphatic carbocycles. The van der Waals surface area contributed by atoms with Gasteiger partial charge in [0.05, 0.1) is 25.6 Å². The Hall–Kier alpha value is -1.10. The molecule has 0 unspecified atom stereocenters. The van der Waals surface area contributed by atoms with E-state index in [1.165, 1.54) is 0 Å². The molecule has 68 valence electrons. The van der Waals surface area contributed by atoms with Crippen LogP contribution in [0.5, 0.6) is 0 Å². The second kappa shape index (κ2) is 3.53. The Morgan fingerprint density at radius 2 is 2.00 bits per heavy atom. The molecular weight excluding hydrogens is 164 g/mol. The van der Waals surface area contributed by atoms with Crippen LogP contribution in [0.2, 0.25) is 0 Å². The standard InChI is InChI=1S/C7H10O5/c8-6(9)1-4-2-12-3-5(4)7(10)11/h4-5H,1-3H2,(H,8,9)(H,10,11)/t4-,5-/m1/s1. The first-order chi connectivity index (χ1) is 5.61. The Morgan fingerprint density at radius 1 is 1.33 bits per heavy atom. The van der Waals surface area contributed by atoms with Crippen molar-refractivity contribution < 1.29 is 24.5 Å². The topological polar surface area (TPSA) is 83.8 Å². The lowest BCUT2D eigenvalue weighted by atomic mass is 9.93. The average Bonchev–Trinajstić information content (AvgIpc) is 2.33. The maximum absolute atomic E-state index is 10.5. The number of rotatable bonds is 3. The third kappa shape index (κ3) is 1.94. The van der Waals surface area contributed by atoms with Crippen LogP contribution in [0.3, 0.4) is 0 Å². The van der Waals surface area contributed by atoms with Gasteiger partial charge in [-0.15, -0.1) is 0 Å². The first kappa shape index (κ1) is 8.99. The molecule has 5 heteroatoms. The summed E-state index contributed by atoms with van der Waals surface area (Å²) in [6.07, 6.45) is -0.128. The first-order valence-electron chi connectivity index (χ1n) is 3.63. The van der Waals surface area contributed by atoms with Gasteiger partial charge in [0.15, 0.2) is 0 Å². The van der Waals surface area contributed by atoms with Crippen molar-refractivity contribution in [2.24, 2.45) is 11.8 Å². The van der Waals surface area contributed by atoms with E-state index in [1.54, 1.807) is 0 Å². The number of hydrogen-bond donors (Lipinski definition) is 2. The average molecular weight is 174 g/mol. The van der Waals surface area contributed by atoms with E-state index < -0.39 is 17.9 Å². The van der Waals surface area contributed by atoms with Gasteiger partial charge in [0.1, 0.15) is 0 Å². The number of ether oxygens (including phenoxy) is 1. The van der Waals surface area contributed by atoms with Gasteiger partial charge in [-0.25, -0.2) is 0 Å². The fraction of sp³-hybridized carbons (Fsp3) is 0.714. The Kier molecular flexibility index (Phi) is 2.65. The van der Waals surface area contributed by atoms with E-state index in [-0.39, 0.29) is 25.6 Å². The summed E-state index contributed by atoms with van der Waals surface area (Å²) in [5.41, 5.74) is 0. The van der Waals surface area contributed by atoms with E-state index in [0.717, 1.165) is 0 Å². The molecule has 0 spiro atoms. The predicted octanol–water partition coefficient (Wildman–Crippen LogP) is -0.192. The molecule has 0 aromatic carbocycles. The summed E-state index contributed by atoms with van der Waals surface area (Å²) in [6, 6.07) is 0. The second-order valence-corrected chi connectivity index (χ2v) is 2.84. The summed E-state index contributed by atoms with van der Waals surface area (Å²) in [5.74, 6) is -2.98. The van der Waals surface area contributed by atoms with E-state index in [1.807, 2.05) is 0 Å². The molecule has 1 heterocycles. The summed E-state index contributed by atoms with van der Waals surface area (Å²) < 4.78 is 4.89. The zero-order valence-corrected chi connectivity index (χ0v) is 6.40. The molecule has 1 saturated heterocycles. The first-order valence-corrected chi connectivity index (χ1v) is 3.63. The molecule has 2 atom stereocenters. The van der Waals surface area contributed by atoms with Crippen molar-refractivity contribution in [1.29, 1.82) is 0 Å². The molecule has 1 aliphatic rings. The molecule has 0 aromatic heterocycles. The highest BCUT2D eigenvalue weighted by atomic mass is 16.5. The van der Waals surface area contributed by atoms with Gasteiger partial charge in [-0.05, 0) is 0 Å². The zero-order chi connectivity index (χ0) is 9.14. The Morgan fingerprint density at radius 3 is 2.50 bits per heavy atom. The monoisotopic (exact) mass is 174 g/mol. The third-order valence-corrected chi connectivity index (χ3v) is 1.95. The molecular formula is C7H10O5. The van der Waals surface area contributed by atoms with E-state index in [2.05, 4.69) is 0 Å². The highest BCUT2D eigenvalue weighted by Gasteiger charge is 2.35. The quantitative estimate of drug-likeness (QED) is 0.619. The Bertz CT molecular complexity index is 200. The molecule has 5 nitrogen and oxygen atoms in total. The van der Waals surface area contributed by atoms with Crippen molar-refractivity contribution >= 4 is 11.9 Å². The largest absolute Gasteiger partial charge is 0.481 e. The van der Waals surface area contributed by atoms with Gasteiger partial charge in [-0.2, -0.15) is 0 Å². The van der Waals surface area contributed by atoms with Crippen molar-refractivity contribution in [3.63, 3.8) is 0 Å². The Balaban J connectivity index is 2.52. The van der Waals surface area contributed by atoms with Gasteiger partial charge in [0, 0.05) is 5.92 Å². The van der Waals surface area contributed by atoms with Crippen LogP contribution in [0.1, 0.15) is 6.42 Å². The summed E-state index contributed by atoms with van der Waals surface area (Å²) in [5, 5.41) is 17.0. The zero-order valence-electron chi connectivity index (χ0n) is 6.40. The lowest BCUT2D eigenvalue weighted by Gasteiger charge is -2.09. The summed E-state index contributed by atoms with van der Waals surface area (Å²) >= 11 is 0. The molecule has 1 fully saturated rings.